The number of amides is 1. The Kier molecular flexibility index (Phi) is 9.76. The van der Waals surface area contributed by atoms with Crippen molar-refractivity contribution in [2.45, 2.75) is 22.9 Å². The molecule has 232 valence electrons. The van der Waals surface area contributed by atoms with Crippen molar-refractivity contribution in [1.29, 1.82) is 0 Å². The van der Waals surface area contributed by atoms with Crippen LogP contribution < -0.4 is 14.3 Å². The standard InChI is InChI=1S/C28H21Cl3F3N3O5S2/c1-17-5-10-21(11-6-17)44(41,42)37(25-4-2-3-24(30)27(25)31)16-26(38)35-18-7-12-20(13-8-18)43(39,40)36-19-9-14-23(29)22(15-19)28(32,33)34/h2-15,36H,16H2,1H3,(H,35,38). The fraction of sp³-hybridized carbons (Fsp3) is 0.107. The lowest BCUT2D eigenvalue weighted by molar-refractivity contribution is -0.137. The second-order valence-corrected chi connectivity index (χ2v) is 14.0. The first-order valence-corrected chi connectivity index (χ1v) is 16.4. The molecule has 0 heterocycles. The molecule has 4 aromatic carbocycles. The second kappa shape index (κ2) is 12.9. The van der Waals surface area contributed by atoms with Crippen molar-refractivity contribution in [2.75, 3.05) is 20.9 Å². The zero-order valence-electron chi connectivity index (χ0n) is 22.4. The Labute approximate surface area is 266 Å². The maximum atomic E-state index is 13.6. The Morgan fingerprint density at radius 1 is 0.795 bits per heavy atom. The van der Waals surface area contributed by atoms with E-state index in [1.54, 1.807) is 19.1 Å². The van der Waals surface area contributed by atoms with E-state index in [4.69, 9.17) is 34.8 Å². The number of nitrogens with one attached hydrogen (secondary N) is 2. The fourth-order valence-corrected chi connectivity index (χ4v) is 7.05. The Hall–Kier alpha value is -3.49. The minimum atomic E-state index is -4.80. The SMILES string of the molecule is Cc1ccc(S(=O)(=O)N(CC(=O)Nc2ccc(S(=O)(=O)Nc3ccc(Cl)c(C(F)(F)F)c3)cc2)c2cccc(Cl)c2Cl)cc1. The summed E-state index contributed by atoms with van der Waals surface area (Å²) in [7, 11) is -8.64. The molecular weight excluding hydrogens is 686 g/mol. The molecule has 0 saturated heterocycles. The van der Waals surface area contributed by atoms with Gasteiger partial charge in [-0.15, -0.1) is 0 Å². The molecule has 0 spiro atoms. The van der Waals surface area contributed by atoms with E-state index >= 15 is 0 Å². The lowest BCUT2D eigenvalue weighted by Gasteiger charge is -2.25. The highest BCUT2D eigenvalue weighted by molar-refractivity contribution is 7.93. The Morgan fingerprint density at radius 2 is 1.39 bits per heavy atom. The van der Waals surface area contributed by atoms with Crippen molar-refractivity contribution in [3.63, 3.8) is 0 Å². The van der Waals surface area contributed by atoms with E-state index < -0.39 is 49.3 Å². The van der Waals surface area contributed by atoms with E-state index in [1.807, 2.05) is 0 Å². The highest BCUT2D eigenvalue weighted by Gasteiger charge is 2.34. The van der Waals surface area contributed by atoms with Crippen molar-refractivity contribution in [3.8, 4) is 0 Å². The van der Waals surface area contributed by atoms with Gasteiger partial charge < -0.3 is 5.32 Å². The summed E-state index contributed by atoms with van der Waals surface area (Å²) in [4.78, 5) is 12.6. The van der Waals surface area contributed by atoms with Gasteiger partial charge in [0.2, 0.25) is 5.91 Å². The second-order valence-electron chi connectivity index (χ2n) is 9.27. The van der Waals surface area contributed by atoms with E-state index in [0.717, 1.165) is 34.1 Å². The summed E-state index contributed by atoms with van der Waals surface area (Å²) in [5.41, 5.74) is -0.708. The highest BCUT2D eigenvalue weighted by atomic mass is 35.5. The number of carbonyl (C=O) groups excluding carboxylic acids is 1. The molecule has 0 aliphatic heterocycles. The summed E-state index contributed by atoms with van der Waals surface area (Å²) in [6.45, 7) is 1.05. The molecule has 0 saturated carbocycles. The van der Waals surface area contributed by atoms with Crippen LogP contribution in [-0.4, -0.2) is 29.3 Å². The zero-order valence-corrected chi connectivity index (χ0v) is 26.3. The van der Waals surface area contributed by atoms with Crippen LogP contribution in [-0.2, 0) is 31.0 Å². The fourth-order valence-electron chi connectivity index (χ4n) is 3.89. The number of carbonyl (C=O) groups is 1. The summed E-state index contributed by atoms with van der Waals surface area (Å²) in [6.07, 6.45) is -4.80. The summed E-state index contributed by atoms with van der Waals surface area (Å²) in [5.74, 6) is -0.800. The van der Waals surface area contributed by atoms with Crippen molar-refractivity contribution >= 4 is 77.8 Å². The molecule has 1 amide bonds. The predicted octanol–water partition coefficient (Wildman–Crippen LogP) is 7.61. The minimum Gasteiger partial charge on any atom is -0.325 e. The first-order chi connectivity index (χ1) is 20.5. The van der Waals surface area contributed by atoms with Gasteiger partial charge in [0.25, 0.3) is 20.0 Å². The van der Waals surface area contributed by atoms with Gasteiger partial charge in [-0.2, -0.15) is 13.2 Å². The normalized spacial score (nSPS) is 12.1. The third-order valence-electron chi connectivity index (χ3n) is 6.07. The van der Waals surface area contributed by atoms with Crippen LogP contribution in [0.15, 0.2) is 94.7 Å². The Bertz CT molecular complexity index is 1920. The third-order valence-corrected chi connectivity index (χ3v) is 10.4. The number of sulfonamides is 2. The smallest absolute Gasteiger partial charge is 0.325 e. The topological polar surface area (TPSA) is 113 Å². The molecule has 16 heteroatoms. The minimum absolute atomic E-state index is 0.0433. The van der Waals surface area contributed by atoms with Crippen molar-refractivity contribution in [3.05, 3.63) is 111 Å². The summed E-state index contributed by atoms with van der Waals surface area (Å²) in [6, 6.07) is 17.5. The lowest BCUT2D eigenvalue weighted by atomic mass is 10.2. The maximum absolute atomic E-state index is 13.6. The number of nitrogens with zero attached hydrogens (tertiary/aromatic N) is 1. The van der Waals surface area contributed by atoms with Gasteiger partial charge in [0.1, 0.15) is 6.54 Å². The third kappa shape index (κ3) is 7.59. The first kappa shape index (κ1) is 33.4. The largest absolute Gasteiger partial charge is 0.417 e. The van der Waals surface area contributed by atoms with Gasteiger partial charge in [0, 0.05) is 11.4 Å². The van der Waals surface area contributed by atoms with E-state index in [-0.39, 0.29) is 36.9 Å². The molecule has 44 heavy (non-hydrogen) atoms. The molecule has 2 N–H and O–H groups in total. The number of hydrogen-bond donors (Lipinski definition) is 2. The number of halogens is 6. The predicted molar refractivity (Wildman–Crippen MR) is 165 cm³/mol. The maximum Gasteiger partial charge on any atom is 0.417 e. The van der Waals surface area contributed by atoms with Crippen LogP contribution in [0, 0.1) is 6.92 Å². The number of rotatable bonds is 9. The summed E-state index contributed by atoms with van der Waals surface area (Å²) < 4.78 is 95.1. The first-order valence-electron chi connectivity index (χ1n) is 12.3. The molecular formula is C28H21Cl3F3N3O5S2. The quantitative estimate of drug-likeness (QED) is 0.186. The number of alkyl halides is 3. The van der Waals surface area contributed by atoms with Gasteiger partial charge in [0.15, 0.2) is 0 Å². The molecule has 0 aliphatic carbocycles. The van der Waals surface area contributed by atoms with Gasteiger partial charge in [-0.05, 0) is 73.7 Å². The van der Waals surface area contributed by atoms with Crippen molar-refractivity contribution in [2.24, 2.45) is 0 Å². The van der Waals surface area contributed by atoms with Gasteiger partial charge in [-0.3, -0.25) is 13.8 Å². The lowest BCUT2D eigenvalue weighted by Crippen LogP contribution is -2.38. The molecule has 4 rings (SSSR count). The van der Waals surface area contributed by atoms with Gasteiger partial charge >= 0.3 is 6.18 Å². The average molecular weight is 707 g/mol. The number of anilines is 3. The monoisotopic (exact) mass is 705 g/mol. The van der Waals surface area contributed by atoms with Gasteiger partial charge in [0.05, 0.1) is 36.1 Å². The highest BCUT2D eigenvalue weighted by Crippen LogP contribution is 2.37. The van der Waals surface area contributed by atoms with E-state index in [2.05, 4.69) is 10.0 Å². The van der Waals surface area contributed by atoms with Crippen molar-refractivity contribution < 1.29 is 34.8 Å². The molecule has 4 aromatic rings. The van der Waals surface area contributed by atoms with Crippen LogP contribution >= 0.6 is 34.8 Å². The van der Waals surface area contributed by atoms with Crippen LogP contribution in [0.1, 0.15) is 11.1 Å². The molecule has 8 nitrogen and oxygen atoms in total. The van der Waals surface area contributed by atoms with Gasteiger partial charge in [-0.1, -0.05) is 58.6 Å². The van der Waals surface area contributed by atoms with Crippen LogP contribution in [0.2, 0.25) is 15.1 Å². The number of aryl methyl sites for hydroxylation is 1. The summed E-state index contributed by atoms with van der Waals surface area (Å²) in [5, 5.41) is 1.87. The van der Waals surface area contributed by atoms with Crippen LogP contribution in [0.4, 0.5) is 30.2 Å². The molecule has 0 unspecified atom stereocenters. The number of hydrogen-bond acceptors (Lipinski definition) is 5. The molecule has 0 bridgehead atoms. The molecule has 0 aromatic heterocycles. The van der Waals surface area contributed by atoms with Crippen LogP contribution in [0.3, 0.4) is 0 Å². The molecule has 0 aliphatic rings. The van der Waals surface area contributed by atoms with E-state index in [1.165, 1.54) is 42.5 Å². The summed E-state index contributed by atoms with van der Waals surface area (Å²) >= 11 is 18.0. The molecule has 0 fully saturated rings. The van der Waals surface area contributed by atoms with E-state index in [0.29, 0.717) is 6.07 Å². The molecule has 0 radical (unpaired) electrons. The van der Waals surface area contributed by atoms with Gasteiger partial charge in [-0.25, -0.2) is 16.8 Å². The average Bonchev–Trinajstić information content (AvgIpc) is 2.94. The van der Waals surface area contributed by atoms with Crippen molar-refractivity contribution in [1.82, 2.24) is 0 Å². The zero-order chi connectivity index (χ0) is 32.4. The Morgan fingerprint density at radius 3 is 2.00 bits per heavy atom. The van der Waals surface area contributed by atoms with E-state index in [9.17, 15) is 34.8 Å². The number of benzene rings is 4. The van der Waals surface area contributed by atoms with Crippen LogP contribution in [0.25, 0.3) is 0 Å². The Balaban J connectivity index is 1.55. The van der Waals surface area contributed by atoms with Crippen LogP contribution in [0.5, 0.6) is 0 Å². The molecule has 0 atom stereocenters.